The smallest absolute Gasteiger partial charge is 0.0412 e. The molecule has 0 bridgehead atoms. The zero-order valence-corrected chi connectivity index (χ0v) is 10.3. The van der Waals surface area contributed by atoms with E-state index in [0.29, 0.717) is 6.04 Å². The average molecular weight is 254 g/mol. The fraction of sp³-hybridized carbons (Fsp3) is 0.500. The number of aryl methyl sites for hydroxylation is 1. The van der Waals surface area contributed by atoms with E-state index in [2.05, 4.69) is 52.9 Å². The zero-order valence-electron chi connectivity index (χ0n) is 8.76. The third-order valence-corrected chi connectivity index (χ3v) is 3.32. The molecule has 2 heteroatoms. The molecule has 0 saturated heterocycles. The quantitative estimate of drug-likeness (QED) is 0.740. The summed E-state index contributed by atoms with van der Waals surface area (Å²) >= 11 is 3.54. The van der Waals surface area contributed by atoms with Crippen LogP contribution in [0.15, 0.2) is 22.7 Å². The van der Waals surface area contributed by atoms with Crippen LogP contribution in [0, 0.1) is 0 Å². The average Bonchev–Trinajstić information content (AvgIpc) is 2.16. The molecule has 0 unspecified atom stereocenters. The van der Waals surface area contributed by atoms with Crippen molar-refractivity contribution in [3.63, 3.8) is 0 Å². The van der Waals surface area contributed by atoms with Crippen LogP contribution in [0.5, 0.6) is 0 Å². The fourth-order valence-corrected chi connectivity index (χ4v) is 2.46. The van der Waals surface area contributed by atoms with Crippen molar-refractivity contribution in [2.24, 2.45) is 0 Å². The Morgan fingerprint density at radius 3 is 2.86 bits per heavy atom. The second-order valence-corrected chi connectivity index (χ2v) is 5.08. The molecular weight excluding hydrogens is 238 g/mol. The first-order valence-corrected chi connectivity index (χ1v) is 6.03. The Labute approximate surface area is 94.2 Å². The Hall–Kier alpha value is -0.500. The van der Waals surface area contributed by atoms with Gasteiger partial charge < -0.3 is 4.90 Å². The number of halogens is 1. The zero-order chi connectivity index (χ0) is 10.1. The predicted octanol–water partition coefficient (Wildman–Crippen LogP) is 3.61. The second kappa shape index (κ2) is 3.93. The molecule has 0 aromatic heterocycles. The monoisotopic (exact) mass is 253 g/mol. The molecule has 0 atom stereocenters. The van der Waals surface area contributed by atoms with Crippen molar-refractivity contribution in [2.75, 3.05) is 11.4 Å². The minimum Gasteiger partial charge on any atom is -0.369 e. The second-order valence-electron chi connectivity index (χ2n) is 4.16. The van der Waals surface area contributed by atoms with Crippen molar-refractivity contribution in [2.45, 2.75) is 32.7 Å². The lowest BCUT2D eigenvalue weighted by Gasteiger charge is -2.34. The molecule has 0 spiro atoms. The fourth-order valence-electron chi connectivity index (χ4n) is 2.11. The lowest BCUT2D eigenvalue weighted by Crippen LogP contribution is -2.35. The first kappa shape index (κ1) is 10.0. The van der Waals surface area contributed by atoms with E-state index in [9.17, 15) is 0 Å². The number of anilines is 1. The van der Waals surface area contributed by atoms with Crippen LogP contribution in [0.1, 0.15) is 25.8 Å². The van der Waals surface area contributed by atoms with Gasteiger partial charge in [-0.05, 0) is 44.4 Å². The van der Waals surface area contributed by atoms with Crippen LogP contribution in [0.3, 0.4) is 0 Å². The van der Waals surface area contributed by atoms with Crippen LogP contribution in [0.2, 0.25) is 0 Å². The molecule has 2 rings (SSSR count). The van der Waals surface area contributed by atoms with E-state index < -0.39 is 0 Å². The number of nitrogens with zero attached hydrogens (tertiary/aromatic N) is 1. The molecule has 1 aromatic rings. The maximum Gasteiger partial charge on any atom is 0.0412 e. The Bertz CT molecular complexity index is 333. The maximum absolute atomic E-state index is 3.54. The summed E-state index contributed by atoms with van der Waals surface area (Å²) in [7, 11) is 0. The minimum atomic E-state index is 0.600. The topological polar surface area (TPSA) is 3.24 Å². The Morgan fingerprint density at radius 2 is 2.14 bits per heavy atom. The molecule has 14 heavy (non-hydrogen) atoms. The molecule has 76 valence electrons. The molecule has 0 saturated carbocycles. The van der Waals surface area contributed by atoms with Gasteiger partial charge in [-0.1, -0.05) is 22.0 Å². The molecule has 1 aromatic carbocycles. The molecular formula is C12H16BrN. The third-order valence-electron chi connectivity index (χ3n) is 2.83. The van der Waals surface area contributed by atoms with E-state index in [1.165, 1.54) is 35.1 Å². The molecule has 0 radical (unpaired) electrons. The van der Waals surface area contributed by atoms with Gasteiger partial charge in [-0.15, -0.1) is 0 Å². The number of hydrogen-bond acceptors (Lipinski definition) is 1. The van der Waals surface area contributed by atoms with Crippen molar-refractivity contribution in [3.05, 3.63) is 28.2 Å². The van der Waals surface area contributed by atoms with Crippen LogP contribution in [0.4, 0.5) is 5.69 Å². The highest BCUT2D eigenvalue weighted by Gasteiger charge is 2.18. The molecule has 1 heterocycles. The van der Waals surface area contributed by atoms with Gasteiger partial charge >= 0.3 is 0 Å². The van der Waals surface area contributed by atoms with Crippen LogP contribution in [-0.2, 0) is 6.42 Å². The summed E-state index contributed by atoms with van der Waals surface area (Å²) in [6.45, 7) is 5.72. The van der Waals surface area contributed by atoms with Gasteiger partial charge in [0.05, 0.1) is 0 Å². The van der Waals surface area contributed by atoms with Gasteiger partial charge in [0.15, 0.2) is 0 Å². The van der Waals surface area contributed by atoms with Crippen LogP contribution in [0.25, 0.3) is 0 Å². The van der Waals surface area contributed by atoms with Crippen molar-refractivity contribution in [1.82, 2.24) is 0 Å². The van der Waals surface area contributed by atoms with E-state index >= 15 is 0 Å². The standard InChI is InChI=1S/C12H16BrN/c1-9(2)14-7-3-4-10-5-6-11(13)8-12(10)14/h5-6,8-9H,3-4,7H2,1-2H3. The van der Waals surface area contributed by atoms with E-state index in [4.69, 9.17) is 0 Å². The molecule has 1 aliphatic rings. The highest BCUT2D eigenvalue weighted by Crippen LogP contribution is 2.31. The van der Waals surface area contributed by atoms with Crippen LogP contribution < -0.4 is 4.90 Å². The first-order valence-electron chi connectivity index (χ1n) is 5.23. The van der Waals surface area contributed by atoms with E-state index in [1.807, 2.05) is 0 Å². The number of fused-ring (bicyclic) bond motifs is 1. The SMILES string of the molecule is CC(C)N1CCCc2ccc(Br)cc21. The summed E-state index contributed by atoms with van der Waals surface area (Å²) in [5.41, 5.74) is 2.91. The van der Waals surface area contributed by atoms with E-state index in [-0.39, 0.29) is 0 Å². The lowest BCUT2D eigenvalue weighted by molar-refractivity contribution is 0.625. The summed E-state index contributed by atoms with van der Waals surface area (Å²) in [6.07, 6.45) is 2.51. The molecule has 1 aliphatic heterocycles. The van der Waals surface area contributed by atoms with Gasteiger partial charge in [0.1, 0.15) is 0 Å². The largest absolute Gasteiger partial charge is 0.369 e. The number of benzene rings is 1. The highest BCUT2D eigenvalue weighted by atomic mass is 79.9. The first-order chi connectivity index (χ1) is 6.68. The normalized spacial score (nSPS) is 15.9. The number of hydrogen-bond donors (Lipinski definition) is 0. The lowest BCUT2D eigenvalue weighted by atomic mass is 10.0. The number of rotatable bonds is 1. The van der Waals surface area contributed by atoms with Crippen molar-refractivity contribution >= 4 is 21.6 Å². The van der Waals surface area contributed by atoms with Gasteiger partial charge in [-0.2, -0.15) is 0 Å². The summed E-state index contributed by atoms with van der Waals surface area (Å²) in [5.74, 6) is 0. The predicted molar refractivity (Wildman–Crippen MR) is 64.9 cm³/mol. The van der Waals surface area contributed by atoms with Crippen LogP contribution >= 0.6 is 15.9 Å². The molecule has 1 nitrogen and oxygen atoms in total. The molecule has 0 fully saturated rings. The van der Waals surface area contributed by atoms with E-state index in [1.54, 1.807) is 0 Å². The van der Waals surface area contributed by atoms with Crippen molar-refractivity contribution in [1.29, 1.82) is 0 Å². The maximum atomic E-state index is 3.54. The van der Waals surface area contributed by atoms with Gasteiger partial charge in [0.25, 0.3) is 0 Å². The van der Waals surface area contributed by atoms with Crippen molar-refractivity contribution < 1.29 is 0 Å². The van der Waals surface area contributed by atoms with Gasteiger partial charge in [0.2, 0.25) is 0 Å². The van der Waals surface area contributed by atoms with Crippen molar-refractivity contribution in [3.8, 4) is 0 Å². The summed E-state index contributed by atoms with van der Waals surface area (Å²) in [4.78, 5) is 2.49. The Balaban J connectivity index is 2.41. The summed E-state index contributed by atoms with van der Waals surface area (Å²) in [6, 6.07) is 7.23. The molecule has 0 aliphatic carbocycles. The highest BCUT2D eigenvalue weighted by molar-refractivity contribution is 9.10. The third kappa shape index (κ3) is 1.81. The van der Waals surface area contributed by atoms with Crippen LogP contribution in [-0.4, -0.2) is 12.6 Å². The van der Waals surface area contributed by atoms with E-state index in [0.717, 1.165) is 0 Å². The minimum absolute atomic E-state index is 0.600. The summed E-state index contributed by atoms with van der Waals surface area (Å²) < 4.78 is 1.18. The Morgan fingerprint density at radius 1 is 1.36 bits per heavy atom. The van der Waals surface area contributed by atoms with Gasteiger partial charge in [-0.25, -0.2) is 0 Å². The Kier molecular flexibility index (Phi) is 2.82. The van der Waals surface area contributed by atoms with Gasteiger partial charge in [-0.3, -0.25) is 0 Å². The molecule has 0 amide bonds. The van der Waals surface area contributed by atoms with Gasteiger partial charge in [0, 0.05) is 22.7 Å². The summed E-state index contributed by atoms with van der Waals surface area (Å²) in [5, 5.41) is 0. The molecule has 0 N–H and O–H groups in total.